The maximum atomic E-state index is 5.66. The van der Waals surface area contributed by atoms with Crippen LogP contribution in [0.5, 0.6) is 0 Å². The topological polar surface area (TPSA) is 50.9 Å². The van der Waals surface area contributed by atoms with E-state index in [0.29, 0.717) is 11.5 Å². The summed E-state index contributed by atoms with van der Waals surface area (Å²) in [5, 5.41) is 3.26. The van der Waals surface area contributed by atoms with E-state index < -0.39 is 0 Å². The molecule has 2 aromatic rings. The van der Waals surface area contributed by atoms with Gasteiger partial charge >= 0.3 is 0 Å². The van der Waals surface area contributed by atoms with E-state index in [1.54, 1.807) is 6.20 Å². The lowest BCUT2D eigenvalue weighted by Crippen LogP contribution is -2.14. The van der Waals surface area contributed by atoms with Crippen molar-refractivity contribution >= 4 is 23.0 Å². The molecule has 0 bridgehead atoms. The van der Waals surface area contributed by atoms with Crippen LogP contribution in [0.4, 0.5) is 5.82 Å². The molecular formula is C14H15N3S. The molecule has 3 N–H and O–H groups in total. The highest BCUT2D eigenvalue weighted by Gasteiger charge is 2.05. The summed E-state index contributed by atoms with van der Waals surface area (Å²) in [6, 6.07) is 12.0. The molecular weight excluding hydrogens is 242 g/mol. The van der Waals surface area contributed by atoms with Crippen LogP contribution < -0.4 is 11.1 Å². The summed E-state index contributed by atoms with van der Waals surface area (Å²) in [5.41, 5.74) is 8.88. The lowest BCUT2D eigenvalue weighted by Gasteiger charge is -2.10. The quantitative estimate of drug-likeness (QED) is 0.827. The van der Waals surface area contributed by atoms with Crippen molar-refractivity contribution in [2.45, 2.75) is 13.5 Å². The van der Waals surface area contributed by atoms with Gasteiger partial charge in [0.05, 0.1) is 5.56 Å². The molecule has 0 radical (unpaired) electrons. The fraction of sp³-hybridized carbons (Fsp3) is 0.143. The van der Waals surface area contributed by atoms with Gasteiger partial charge < -0.3 is 11.1 Å². The summed E-state index contributed by atoms with van der Waals surface area (Å²) in [6.07, 6.45) is 1.72. The summed E-state index contributed by atoms with van der Waals surface area (Å²) in [6.45, 7) is 2.78. The van der Waals surface area contributed by atoms with Crippen LogP contribution in [-0.4, -0.2) is 9.97 Å². The number of hydrogen-bond acceptors (Lipinski definition) is 3. The Kier molecular flexibility index (Phi) is 3.89. The van der Waals surface area contributed by atoms with Crippen molar-refractivity contribution in [1.29, 1.82) is 0 Å². The highest BCUT2D eigenvalue weighted by atomic mass is 32.1. The van der Waals surface area contributed by atoms with Gasteiger partial charge in [-0.2, -0.15) is 0 Å². The van der Waals surface area contributed by atoms with Crippen LogP contribution in [0.3, 0.4) is 0 Å². The number of nitrogens with one attached hydrogen (secondary N) is 1. The van der Waals surface area contributed by atoms with Gasteiger partial charge in [-0.1, -0.05) is 42.0 Å². The van der Waals surface area contributed by atoms with E-state index in [2.05, 4.69) is 35.4 Å². The number of anilines is 1. The summed E-state index contributed by atoms with van der Waals surface area (Å²) >= 11 is 5.00. The molecule has 0 spiro atoms. The minimum absolute atomic E-state index is 0.356. The first-order valence-corrected chi connectivity index (χ1v) is 6.12. The zero-order valence-electron chi connectivity index (χ0n) is 10.2. The Balaban J connectivity index is 2.13. The Morgan fingerprint density at radius 2 is 2.17 bits per heavy atom. The average molecular weight is 257 g/mol. The number of benzene rings is 1. The van der Waals surface area contributed by atoms with Crippen molar-refractivity contribution < 1.29 is 0 Å². The van der Waals surface area contributed by atoms with Crippen molar-refractivity contribution in [3.05, 3.63) is 59.3 Å². The van der Waals surface area contributed by atoms with Gasteiger partial charge in [-0.3, -0.25) is 0 Å². The number of rotatable bonds is 4. The highest BCUT2D eigenvalue weighted by molar-refractivity contribution is 7.80. The lowest BCUT2D eigenvalue weighted by atomic mass is 10.1. The van der Waals surface area contributed by atoms with Crippen LogP contribution in [0.2, 0.25) is 0 Å². The van der Waals surface area contributed by atoms with E-state index in [1.807, 2.05) is 18.2 Å². The third-order valence-electron chi connectivity index (χ3n) is 2.62. The third-order valence-corrected chi connectivity index (χ3v) is 2.84. The van der Waals surface area contributed by atoms with E-state index in [0.717, 1.165) is 11.4 Å². The first-order chi connectivity index (χ1) is 8.66. The van der Waals surface area contributed by atoms with Crippen LogP contribution in [0, 0.1) is 6.92 Å². The minimum atomic E-state index is 0.356. The van der Waals surface area contributed by atoms with E-state index in [-0.39, 0.29) is 0 Å². The maximum absolute atomic E-state index is 5.66. The second-order valence-corrected chi connectivity index (χ2v) is 4.55. The first-order valence-electron chi connectivity index (χ1n) is 5.71. The average Bonchev–Trinajstić information content (AvgIpc) is 2.37. The molecule has 0 amide bonds. The predicted octanol–water partition coefficient (Wildman–Crippen LogP) is 2.64. The van der Waals surface area contributed by atoms with Gasteiger partial charge in [0, 0.05) is 12.7 Å². The van der Waals surface area contributed by atoms with Crippen LogP contribution in [-0.2, 0) is 6.54 Å². The van der Waals surface area contributed by atoms with E-state index >= 15 is 0 Å². The van der Waals surface area contributed by atoms with Crippen LogP contribution in [0.1, 0.15) is 16.7 Å². The Morgan fingerprint density at radius 3 is 2.89 bits per heavy atom. The van der Waals surface area contributed by atoms with Gasteiger partial charge in [-0.15, -0.1) is 0 Å². The Labute approximate surface area is 112 Å². The van der Waals surface area contributed by atoms with Gasteiger partial charge in [0.1, 0.15) is 10.8 Å². The van der Waals surface area contributed by atoms with Crippen molar-refractivity contribution in [1.82, 2.24) is 4.98 Å². The molecule has 0 saturated carbocycles. The molecule has 0 unspecified atom stereocenters. The predicted molar refractivity (Wildman–Crippen MR) is 78.6 cm³/mol. The molecule has 1 heterocycles. The highest BCUT2D eigenvalue weighted by Crippen LogP contribution is 2.13. The van der Waals surface area contributed by atoms with Crippen LogP contribution in [0.15, 0.2) is 42.6 Å². The first kappa shape index (κ1) is 12.5. The van der Waals surface area contributed by atoms with E-state index in [1.165, 1.54) is 11.1 Å². The molecule has 0 saturated heterocycles. The number of aryl methyl sites for hydroxylation is 1. The molecule has 18 heavy (non-hydrogen) atoms. The molecule has 3 nitrogen and oxygen atoms in total. The van der Waals surface area contributed by atoms with Gasteiger partial charge in [-0.25, -0.2) is 4.98 Å². The van der Waals surface area contributed by atoms with Crippen LogP contribution >= 0.6 is 12.2 Å². The number of nitrogens with two attached hydrogens (primary N) is 1. The van der Waals surface area contributed by atoms with Crippen molar-refractivity contribution in [3.8, 4) is 0 Å². The molecule has 0 fully saturated rings. The monoisotopic (exact) mass is 257 g/mol. The fourth-order valence-electron chi connectivity index (χ4n) is 1.75. The second kappa shape index (κ2) is 5.60. The maximum Gasteiger partial charge on any atom is 0.136 e. The third kappa shape index (κ3) is 3.05. The fourth-order valence-corrected chi connectivity index (χ4v) is 1.92. The van der Waals surface area contributed by atoms with Crippen LogP contribution in [0.25, 0.3) is 0 Å². The normalized spacial score (nSPS) is 10.1. The molecule has 1 aromatic carbocycles. The Hall–Kier alpha value is -1.94. The number of nitrogens with zero attached hydrogens (tertiary/aromatic N) is 1. The summed E-state index contributed by atoms with van der Waals surface area (Å²) < 4.78 is 0. The largest absolute Gasteiger partial charge is 0.389 e. The lowest BCUT2D eigenvalue weighted by molar-refractivity contribution is 1.10. The Morgan fingerprint density at radius 1 is 1.33 bits per heavy atom. The Bertz CT molecular complexity index is 566. The number of hydrogen-bond donors (Lipinski definition) is 2. The molecule has 0 aliphatic rings. The molecule has 92 valence electrons. The smallest absolute Gasteiger partial charge is 0.136 e. The summed E-state index contributed by atoms with van der Waals surface area (Å²) in [5.74, 6) is 0.728. The molecule has 0 aliphatic heterocycles. The standard InChI is InChI=1S/C14H15N3S/c1-10-4-2-5-11(8-10)9-17-14-12(13(15)18)6-3-7-16-14/h2-8H,9H2,1H3,(H2,15,18)(H,16,17). The zero-order valence-corrected chi connectivity index (χ0v) is 11.0. The zero-order chi connectivity index (χ0) is 13.0. The number of thiocarbonyl (C=S) groups is 1. The van der Waals surface area contributed by atoms with Gasteiger partial charge in [0.25, 0.3) is 0 Å². The molecule has 0 atom stereocenters. The SMILES string of the molecule is Cc1cccc(CNc2ncccc2C(N)=S)c1. The molecule has 1 aromatic heterocycles. The second-order valence-electron chi connectivity index (χ2n) is 4.11. The van der Waals surface area contributed by atoms with Gasteiger partial charge in [0.2, 0.25) is 0 Å². The summed E-state index contributed by atoms with van der Waals surface area (Å²) in [7, 11) is 0. The minimum Gasteiger partial charge on any atom is -0.389 e. The number of pyridine rings is 1. The molecule has 4 heteroatoms. The van der Waals surface area contributed by atoms with Crippen molar-refractivity contribution in [3.63, 3.8) is 0 Å². The molecule has 2 rings (SSSR count). The van der Waals surface area contributed by atoms with Gasteiger partial charge in [-0.05, 0) is 24.6 Å². The van der Waals surface area contributed by atoms with Crippen molar-refractivity contribution in [2.75, 3.05) is 5.32 Å². The van der Waals surface area contributed by atoms with E-state index in [4.69, 9.17) is 18.0 Å². The number of aromatic nitrogens is 1. The molecule has 0 aliphatic carbocycles. The van der Waals surface area contributed by atoms with Gasteiger partial charge in [0.15, 0.2) is 0 Å². The van der Waals surface area contributed by atoms with Crippen molar-refractivity contribution in [2.24, 2.45) is 5.73 Å². The summed E-state index contributed by atoms with van der Waals surface area (Å²) in [4.78, 5) is 4.62. The van der Waals surface area contributed by atoms with E-state index in [9.17, 15) is 0 Å².